The monoisotopic (exact) mass is 475 g/mol. The second kappa shape index (κ2) is 10.0. The minimum absolute atomic E-state index is 0.0826. The fraction of sp³-hybridized carbons (Fsp3) is 0.192. The van der Waals surface area contributed by atoms with Crippen LogP contribution >= 0.6 is 11.6 Å². The van der Waals surface area contributed by atoms with Crippen molar-refractivity contribution in [2.24, 2.45) is 11.7 Å². The third kappa shape index (κ3) is 5.42. The van der Waals surface area contributed by atoms with Crippen LogP contribution in [0.15, 0.2) is 66.7 Å². The molecule has 3 aromatic rings. The molecule has 0 saturated carbocycles. The Kier molecular flexibility index (Phi) is 6.92. The minimum Gasteiger partial charge on any atom is -0.407 e. The molecule has 8 heteroatoms. The smallest absolute Gasteiger partial charge is 0.285 e. The molecule has 1 unspecified atom stereocenters. The molecule has 1 atom stereocenters. The molecule has 4 rings (SSSR count). The van der Waals surface area contributed by atoms with Crippen molar-refractivity contribution in [2.45, 2.75) is 12.5 Å². The Hall–Kier alpha value is -3.73. The molecule has 0 bridgehead atoms. The lowest BCUT2D eigenvalue weighted by Crippen LogP contribution is -2.49. The van der Waals surface area contributed by atoms with Crippen LogP contribution in [0.1, 0.15) is 33.9 Å². The molecule has 0 aliphatic carbocycles. The van der Waals surface area contributed by atoms with Crippen LogP contribution in [0.4, 0.5) is 4.39 Å². The van der Waals surface area contributed by atoms with E-state index in [1.807, 2.05) is 48.5 Å². The normalized spacial score (nSPS) is 14.6. The lowest BCUT2D eigenvalue weighted by Gasteiger charge is -2.45. The van der Waals surface area contributed by atoms with Gasteiger partial charge in [-0.1, -0.05) is 35.9 Å². The zero-order chi connectivity index (χ0) is 24.2. The fourth-order valence-electron chi connectivity index (χ4n) is 4.39. The number of nitrogens with one attached hydrogen (secondary N) is 2. The Bertz CT molecular complexity index is 1260. The van der Waals surface area contributed by atoms with Gasteiger partial charge in [0.1, 0.15) is 5.82 Å². The van der Waals surface area contributed by atoms with E-state index in [1.165, 1.54) is 12.1 Å². The number of ether oxygens (including phenoxy) is 1. The Morgan fingerprint density at radius 1 is 1.12 bits per heavy atom. The molecule has 1 fully saturated rings. The first-order chi connectivity index (χ1) is 16.3. The summed E-state index contributed by atoms with van der Waals surface area (Å²) in [5, 5.41) is 25.1. The van der Waals surface area contributed by atoms with Gasteiger partial charge in [0.15, 0.2) is 0 Å². The number of benzene rings is 3. The Labute approximate surface area is 202 Å². The van der Waals surface area contributed by atoms with Gasteiger partial charge >= 0.3 is 0 Å². The van der Waals surface area contributed by atoms with Crippen LogP contribution in [0, 0.1) is 33.9 Å². The summed E-state index contributed by atoms with van der Waals surface area (Å²) in [5.41, 5.74) is 8.97. The van der Waals surface area contributed by atoms with Crippen molar-refractivity contribution >= 4 is 23.5 Å². The third-order valence-corrected chi connectivity index (χ3v) is 6.08. The molecule has 3 aromatic carbocycles. The van der Waals surface area contributed by atoms with Crippen LogP contribution in [-0.4, -0.2) is 29.9 Å². The molecule has 0 radical (unpaired) electrons. The first-order valence-corrected chi connectivity index (χ1v) is 11.1. The Balaban J connectivity index is 1.56. The number of nitriles is 1. The Morgan fingerprint density at radius 2 is 1.85 bits per heavy atom. The molecule has 172 valence electrons. The number of nitrogens with two attached hydrogens (primary N) is 1. The molecule has 1 aliphatic heterocycles. The summed E-state index contributed by atoms with van der Waals surface area (Å²) >= 11 is 6.11. The van der Waals surface area contributed by atoms with Gasteiger partial charge in [0, 0.05) is 23.7 Å². The highest BCUT2D eigenvalue weighted by molar-refractivity contribution is 6.30. The topological polar surface area (TPSA) is 110 Å². The average molecular weight is 476 g/mol. The van der Waals surface area contributed by atoms with Crippen LogP contribution in [0.2, 0.25) is 5.02 Å². The van der Waals surface area contributed by atoms with Crippen molar-refractivity contribution in [3.05, 3.63) is 105 Å². The number of nitrogens with zero attached hydrogens (tertiary/aromatic N) is 2. The summed E-state index contributed by atoms with van der Waals surface area (Å²) in [6, 6.07) is 21.0. The molecule has 1 saturated heterocycles. The van der Waals surface area contributed by atoms with Crippen LogP contribution in [0.25, 0.3) is 0 Å². The number of halogens is 2. The number of amidine groups is 1. The van der Waals surface area contributed by atoms with Gasteiger partial charge in [0.05, 0.1) is 17.7 Å². The lowest BCUT2D eigenvalue weighted by molar-refractivity contribution is 0.0688. The van der Waals surface area contributed by atoms with Gasteiger partial charge in [-0.05, 0) is 71.5 Å². The van der Waals surface area contributed by atoms with Gasteiger partial charge in [-0.25, -0.2) is 4.39 Å². The average Bonchev–Trinajstić information content (AvgIpc) is 2.78. The highest BCUT2D eigenvalue weighted by Gasteiger charge is 2.34. The van der Waals surface area contributed by atoms with Gasteiger partial charge in [-0.15, -0.1) is 0 Å². The molecular formula is C26H23ClFN5O. The number of hydrogen-bond acceptors (Lipinski definition) is 5. The second-order valence-corrected chi connectivity index (χ2v) is 8.80. The van der Waals surface area contributed by atoms with E-state index in [9.17, 15) is 4.39 Å². The quantitative estimate of drug-likeness (QED) is 0.349. The second-order valence-electron chi connectivity index (χ2n) is 8.36. The maximum Gasteiger partial charge on any atom is 0.285 e. The first-order valence-electron chi connectivity index (χ1n) is 10.7. The molecule has 0 spiro atoms. The molecular weight excluding hydrogens is 453 g/mol. The number of rotatable bonds is 6. The predicted octanol–water partition coefficient (Wildman–Crippen LogP) is 4.85. The standard InChI is InChI=1S/C26H23ClFN5O/c27-22-6-4-19(5-7-22)24(20-2-1-3-21(12-20)25(30)34-26(31)32)33-14-18(15-33)9-16-8-17(13-29)11-23(28)10-16/h1-8,10-12,18,24,30H,9,14-15H2,(H3,31,32). The van der Waals surface area contributed by atoms with E-state index in [1.54, 1.807) is 12.1 Å². The zero-order valence-electron chi connectivity index (χ0n) is 18.3. The Morgan fingerprint density at radius 3 is 2.53 bits per heavy atom. The van der Waals surface area contributed by atoms with Gasteiger partial charge in [-0.3, -0.25) is 15.7 Å². The summed E-state index contributed by atoms with van der Waals surface area (Å²) in [5.74, 6) is -0.257. The molecule has 0 amide bonds. The summed E-state index contributed by atoms with van der Waals surface area (Å²) in [7, 11) is 0. The molecule has 0 aromatic heterocycles. The van der Waals surface area contributed by atoms with E-state index in [2.05, 4.69) is 4.90 Å². The van der Waals surface area contributed by atoms with Crippen LogP contribution in [0.3, 0.4) is 0 Å². The van der Waals surface area contributed by atoms with Crippen LogP contribution in [-0.2, 0) is 11.2 Å². The highest BCUT2D eigenvalue weighted by Crippen LogP contribution is 2.36. The van der Waals surface area contributed by atoms with Crippen molar-refractivity contribution < 1.29 is 9.13 Å². The highest BCUT2D eigenvalue weighted by atomic mass is 35.5. The van der Waals surface area contributed by atoms with Crippen LogP contribution < -0.4 is 5.73 Å². The fourth-order valence-corrected chi connectivity index (χ4v) is 4.52. The number of hydrogen-bond donors (Lipinski definition) is 3. The van der Waals surface area contributed by atoms with Gasteiger partial charge in [0.2, 0.25) is 5.90 Å². The van der Waals surface area contributed by atoms with E-state index in [-0.39, 0.29) is 11.9 Å². The lowest BCUT2D eigenvalue weighted by atomic mass is 9.86. The van der Waals surface area contributed by atoms with Crippen LogP contribution in [0.5, 0.6) is 0 Å². The molecule has 34 heavy (non-hydrogen) atoms. The maximum absolute atomic E-state index is 13.8. The zero-order valence-corrected chi connectivity index (χ0v) is 19.0. The van der Waals surface area contributed by atoms with Crippen molar-refractivity contribution in [1.29, 1.82) is 16.1 Å². The summed E-state index contributed by atoms with van der Waals surface area (Å²) < 4.78 is 18.8. The summed E-state index contributed by atoms with van der Waals surface area (Å²) in [6.45, 7) is 1.58. The van der Waals surface area contributed by atoms with E-state index in [0.29, 0.717) is 28.5 Å². The van der Waals surface area contributed by atoms with E-state index in [0.717, 1.165) is 29.8 Å². The largest absolute Gasteiger partial charge is 0.407 e. The molecule has 1 aliphatic rings. The molecule has 4 N–H and O–H groups in total. The SMILES string of the molecule is N#Cc1cc(F)cc(CC2CN(C(c3ccc(Cl)cc3)c3cccc(C(=N)OC(=N)N)c3)C2)c1. The summed E-state index contributed by atoms with van der Waals surface area (Å²) in [4.78, 5) is 2.31. The number of likely N-dealkylation sites (tertiary alicyclic amines) is 1. The third-order valence-electron chi connectivity index (χ3n) is 5.82. The van der Waals surface area contributed by atoms with Crippen molar-refractivity contribution in [1.82, 2.24) is 4.90 Å². The minimum atomic E-state index is -0.535. The van der Waals surface area contributed by atoms with Gasteiger partial charge < -0.3 is 10.5 Å². The van der Waals surface area contributed by atoms with E-state index in [4.69, 9.17) is 38.2 Å². The summed E-state index contributed by atoms with van der Waals surface area (Å²) in [6.07, 6.45) is 0.688. The van der Waals surface area contributed by atoms with Crippen molar-refractivity contribution in [3.8, 4) is 6.07 Å². The van der Waals surface area contributed by atoms with Gasteiger partial charge in [-0.2, -0.15) is 5.26 Å². The van der Waals surface area contributed by atoms with E-state index < -0.39 is 11.8 Å². The predicted molar refractivity (Wildman–Crippen MR) is 129 cm³/mol. The van der Waals surface area contributed by atoms with Gasteiger partial charge in [0.25, 0.3) is 6.02 Å². The maximum atomic E-state index is 13.8. The van der Waals surface area contributed by atoms with Crippen molar-refractivity contribution in [3.63, 3.8) is 0 Å². The van der Waals surface area contributed by atoms with Crippen molar-refractivity contribution in [2.75, 3.05) is 13.1 Å². The van der Waals surface area contributed by atoms with E-state index >= 15 is 0 Å². The first kappa shape index (κ1) is 23.4. The molecule has 6 nitrogen and oxygen atoms in total. The molecule has 1 heterocycles.